The maximum absolute atomic E-state index is 2.99. The van der Waals surface area contributed by atoms with Crippen LogP contribution in [0.4, 0.5) is 0 Å². The van der Waals surface area contributed by atoms with Crippen molar-refractivity contribution in [1.29, 1.82) is 0 Å². The van der Waals surface area contributed by atoms with Crippen LogP contribution in [-0.4, -0.2) is 17.2 Å². The van der Waals surface area contributed by atoms with Crippen molar-refractivity contribution in [3.63, 3.8) is 0 Å². The Balaban J connectivity index is 1.25. The van der Waals surface area contributed by atoms with Gasteiger partial charge in [0.1, 0.15) is 0 Å². The molecule has 0 atom stereocenters. The smallest absolute Gasteiger partial charge is 0.181 e. The van der Waals surface area contributed by atoms with Gasteiger partial charge in [-0.2, -0.15) is 0 Å². The maximum Gasteiger partial charge on any atom is 0.181 e. The van der Waals surface area contributed by atoms with Gasteiger partial charge in [-0.25, -0.2) is 0 Å². The second-order valence-corrected chi connectivity index (χ2v) is 20.2. The molecule has 0 unspecified atom stereocenters. The van der Waals surface area contributed by atoms with Crippen LogP contribution in [0.2, 0.25) is 0 Å². The second-order valence-electron chi connectivity index (χ2n) is 16.4. The summed E-state index contributed by atoms with van der Waals surface area (Å²) in [4.78, 5) is 0. The number of nitrogens with zero attached hydrogens (tertiary/aromatic N) is 2. The van der Waals surface area contributed by atoms with Crippen LogP contribution in [0.1, 0.15) is 0 Å². The van der Waals surface area contributed by atoms with Crippen molar-refractivity contribution in [2.75, 3.05) is 0 Å². The van der Waals surface area contributed by atoms with Gasteiger partial charge in [-0.1, -0.05) is 224 Å². The van der Waals surface area contributed by atoms with E-state index in [2.05, 4.69) is 264 Å². The Morgan fingerprint density at radius 2 is 0.698 bits per heavy atom. The van der Waals surface area contributed by atoms with Gasteiger partial charge in [0.05, 0.1) is 27.8 Å². The summed E-state index contributed by atoms with van der Waals surface area (Å²) in [7, 11) is -2.99. The third-order valence-electron chi connectivity index (χ3n) is 13.1. The van der Waals surface area contributed by atoms with Gasteiger partial charge < -0.3 is 9.13 Å². The highest BCUT2D eigenvalue weighted by Crippen LogP contribution is 2.44. The minimum absolute atomic E-state index is 1.13. The van der Waals surface area contributed by atoms with Crippen LogP contribution < -0.4 is 20.7 Å². The normalized spacial score (nSPS) is 11.8. The first-order chi connectivity index (χ1) is 31.3. The zero-order chi connectivity index (χ0) is 41.7. The monoisotopic (exact) mass is 818 g/mol. The van der Waals surface area contributed by atoms with Crippen LogP contribution in [-0.2, 0) is 0 Å². The quantitative estimate of drug-likeness (QED) is 0.107. The van der Waals surface area contributed by atoms with Crippen LogP contribution in [0.3, 0.4) is 0 Å². The van der Waals surface area contributed by atoms with E-state index in [1.807, 2.05) is 0 Å². The molecule has 0 aliphatic carbocycles. The Morgan fingerprint density at radius 3 is 1.25 bits per heavy atom. The van der Waals surface area contributed by atoms with Gasteiger partial charge in [0.15, 0.2) is 8.07 Å². The topological polar surface area (TPSA) is 9.86 Å². The molecule has 3 heteroatoms. The van der Waals surface area contributed by atoms with Crippen molar-refractivity contribution < 1.29 is 0 Å². The summed E-state index contributed by atoms with van der Waals surface area (Å²) >= 11 is 0. The summed E-state index contributed by atoms with van der Waals surface area (Å²) in [6.07, 6.45) is 0. The molecule has 63 heavy (non-hydrogen) atoms. The molecule has 0 saturated heterocycles. The molecule has 0 amide bonds. The summed E-state index contributed by atoms with van der Waals surface area (Å²) in [6, 6.07) is 94.4. The summed E-state index contributed by atoms with van der Waals surface area (Å²) in [5.74, 6) is 0. The van der Waals surface area contributed by atoms with E-state index in [9.17, 15) is 0 Å². The molecular formula is C60H42N2Si. The lowest BCUT2D eigenvalue weighted by atomic mass is 9.99. The molecule has 0 radical (unpaired) electrons. The Morgan fingerprint density at radius 1 is 0.270 bits per heavy atom. The van der Waals surface area contributed by atoms with Crippen LogP contribution in [0, 0.1) is 0 Å². The van der Waals surface area contributed by atoms with Crippen molar-refractivity contribution in [2.24, 2.45) is 0 Å². The van der Waals surface area contributed by atoms with E-state index in [0.717, 1.165) is 11.4 Å². The molecule has 0 fully saturated rings. The number of hydrogen-bond acceptors (Lipinski definition) is 0. The first-order valence-electron chi connectivity index (χ1n) is 21.8. The first-order valence-corrected chi connectivity index (χ1v) is 23.8. The standard InChI is InChI=1S/C60H42N2Si/c1-6-21-43(22-7-1)44-37-39-46(40-38-44)61-54-34-18-16-32-51(54)53-41-42-56(58(60(53)61)45-23-8-2-9-24-45)62-55-35-19-17-31-50(55)52-33-20-36-57(59(52)62)63(47-25-10-3-11-26-47,48-27-12-4-13-28-48)49-29-14-5-15-30-49/h1-42H. The predicted octanol–water partition coefficient (Wildman–Crippen LogP) is 12.6. The van der Waals surface area contributed by atoms with Crippen molar-refractivity contribution >= 4 is 72.4 Å². The van der Waals surface area contributed by atoms with E-state index in [-0.39, 0.29) is 0 Å². The van der Waals surface area contributed by atoms with Crippen molar-refractivity contribution in [2.45, 2.75) is 0 Å². The molecule has 12 rings (SSSR count). The fourth-order valence-electron chi connectivity index (χ4n) is 10.4. The summed E-state index contributed by atoms with van der Waals surface area (Å²) < 4.78 is 5.11. The van der Waals surface area contributed by atoms with Crippen LogP contribution in [0.15, 0.2) is 255 Å². The zero-order valence-corrected chi connectivity index (χ0v) is 35.6. The SMILES string of the molecule is c1ccc(-c2ccc(-n3c4ccccc4c4ccc(-n5c6ccccc6c6cccc([Si](c7ccccc7)(c7ccccc7)c7ccccc7)c65)c(-c5ccccc5)c43)cc2)cc1. The molecule has 2 heterocycles. The van der Waals surface area contributed by atoms with E-state index < -0.39 is 8.07 Å². The molecule has 2 nitrogen and oxygen atoms in total. The lowest BCUT2D eigenvalue weighted by Crippen LogP contribution is -2.75. The van der Waals surface area contributed by atoms with Crippen LogP contribution in [0.25, 0.3) is 77.2 Å². The third kappa shape index (κ3) is 5.78. The molecule has 0 bridgehead atoms. The molecule has 0 aliphatic rings. The van der Waals surface area contributed by atoms with Crippen LogP contribution in [0.5, 0.6) is 0 Å². The summed E-state index contributed by atoms with van der Waals surface area (Å²) in [5, 5.41) is 10.4. The van der Waals surface area contributed by atoms with Gasteiger partial charge in [-0.05, 0) is 67.8 Å². The lowest BCUT2D eigenvalue weighted by Gasteiger charge is -2.35. The third-order valence-corrected chi connectivity index (χ3v) is 17.9. The lowest BCUT2D eigenvalue weighted by molar-refractivity contribution is 1.16. The number of fused-ring (bicyclic) bond motifs is 6. The Bertz CT molecular complexity index is 3480. The second kappa shape index (κ2) is 15.2. The Hall–Kier alpha value is -7.98. The fourth-order valence-corrected chi connectivity index (χ4v) is 15.4. The molecule has 12 aromatic rings. The van der Waals surface area contributed by atoms with Gasteiger partial charge in [-0.3, -0.25) is 0 Å². The number of benzene rings is 10. The molecule has 296 valence electrons. The average Bonchev–Trinajstić information content (AvgIpc) is 3.89. The molecule has 0 saturated carbocycles. The molecule has 10 aromatic carbocycles. The molecule has 0 aliphatic heterocycles. The van der Waals surface area contributed by atoms with Gasteiger partial charge in [0.2, 0.25) is 0 Å². The minimum Gasteiger partial charge on any atom is -0.309 e. The van der Waals surface area contributed by atoms with Crippen molar-refractivity contribution in [3.05, 3.63) is 255 Å². The Labute approximate surface area is 368 Å². The van der Waals surface area contributed by atoms with E-state index >= 15 is 0 Å². The number of hydrogen-bond donors (Lipinski definition) is 0. The summed E-state index contributed by atoms with van der Waals surface area (Å²) in [5.41, 5.74) is 11.8. The molecule has 0 N–H and O–H groups in total. The average molecular weight is 819 g/mol. The van der Waals surface area contributed by atoms with Crippen molar-refractivity contribution in [3.8, 4) is 33.6 Å². The molecule has 2 aromatic heterocycles. The minimum atomic E-state index is -2.99. The van der Waals surface area contributed by atoms with Gasteiger partial charge in [-0.15, -0.1) is 0 Å². The van der Waals surface area contributed by atoms with Gasteiger partial charge in [0.25, 0.3) is 0 Å². The van der Waals surface area contributed by atoms with Gasteiger partial charge in [0, 0.05) is 32.8 Å². The Kier molecular flexibility index (Phi) is 8.87. The number of rotatable bonds is 8. The highest BCUT2D eigenvalue weighted by molar-refractivity contribution is 7.20. The molecule has 0 spiro atoms. The fraction of sp³-hybridized carbons (Fsp3) is 0. The van der Waals surface area contributed by atoms with Crippen molar-refractivity contribution in [1.82, 2.24) is 9.13 Å². The largest absolute Gasteiger partial charge is 0.309 e. The molecular weight excluding hydrogens is 777 g/mol. The summed E-state index contributed by atoms with van der Waals surface area (Å²) in [6.45, 7) is 0. The maximum atomic E-state index is 2.61. The zero-order valence-electron chi connectivity index (χ0n) is 34.6. The predicted molar refractivity (Wildman–Crippen MR) is 270 cm³/mol. The highest BCUT2D eigenvalue weighted by atomic mass is 28.3. The number of para-hydroxylation sites is 3. The van der Waals surface area contributed by atoms with Gasteiger partial charge >= 0.3 is 0 Å². The highest BCUT2D eigenvalue weighted by Gasteiger charge is 2.43. The van der Waals surface area contributed by atoms with E-state index in [1.165, 1.54) is 86.6 Å². The van der Waals surface area contributed by atoms with E-state index in [4.69, 9.17) is 0 Å². The first kappa shape index (κ1) is 36.8. The van der Waals surface area contributed by atoms with E-state index in [0.29, 0.717) is 0 Å². The number of aromatic nitrogens is 2. The van der Waals surface area contributed by atoms with Crippen LogP contribution >= 0.6 is 0 Å². The van der Waals surface area contributed by atoms with E-state index in [1.54, 1.807) is 0 Å².